The number of nitrogens with zero attached hydrogens (tertiary/aromatic N) is 3. The average Bonchev–Trinajstić information content (AvgIpc) is 2.97. The Morgan fingerprint density at radius 2 is 1.77 bits per heavy atom. The maximum Gasteiger partial charge on any atom is 0.259 e. The lowest BCUT2D eigenvalue weighted by molar-refractivity contribution is -0.118. The van der Waals surface area contributed by atoms with Gasteiger partial charge in [-0.25, -0.2) is 9.89 Å². The van der Waals surface area contributed by atoms with Gasteiger partial charge >= 0.3 is 0 Å². The molecular weight excluding hydrogens is 346 g/mol. The van der Waals surface area contributed by atoms with Crippen molar-refractivity contribution in [3.05, 3.63) is 65.2 Å². The van der Waals surface area contributed by atoms with Gasteiger partial charge in [-0.1, -0.05) is 61.0 Å². The van der Waals surface area contributed by atoms with Crippen molar-refractivity contribution in [3.63, 3.8) is 0 Å². The largest absolute Gasteiger partial charge is 0.342 e. The van der Waals surface area contributed by atoms with E-state index < -0.39 is 6.04 Å². The summed E-state index contributed by atoms with van der Waals surface area (Å²) in [6.07, 6.45) is 1.58. The van der Waals surface area contributed by atoms with E-state index >= 15 is 0 Å². The second kappa shape index (κ2) is 8.37. The summed E-state index contributed by atoms with van der Waals surface area (Å²) in [4.78, 5) is 21.9. The van der Waals surface area contributed by atoms with Crippen LogP contribution in [-0.4, -0.2) is 35.9 Å². The number of aliphatic imine (C=N–C) groups is 1. The summed E-state index contributed by atoms with van der Waals surface area (Å²) in [6.45, 7) is 5.85. The molecule has 1 aliphatic rings. The van der Waals surface area contributed by atoms with Crippen LogP contribution in [0.4, 0.5) is 5.69 Å². The van der Waals surface area contributed by atoms with Gasteiger partial charge in [0.1, 0.15) is 6.04 Å². The van der Waals surface area contributed by atoms with Crippen molar-refractivity contribution >= 4 is 29.2 Å². The number of rotatable bonds is 6. The van der Waals surface area contributed by atoms with E-state index in [1.54, 1.807) is 4.90 Å². The maximum absolute atomic E-state index is 13.2. The average molecular weight is 370 g/mol. The lowest BCUT2D eigenvalue weighted by atomic mass is 10.1. The number of para-hydroxylation sites is 1. The smallest absolute Gasteiger partial charge is 0.259 e. The molecule has 0 bridgehead atoms. The van der Waals surface area contributed by atoms with Crippen LogP contribution in [0.15, 0.2) is 59.6 Å². The van der Waals surface area contributed by atoms with Crippen molar-refractivity contribution < 1.29 is 4.79 Å². The summed E-state index contributed by atoms with van der Waals surface area (Å²) in [6, 6.07) is 17.0. The number of hydrogen-bond donors (Lipinski definition) is 0. The Hall–Kier alpha value is -2.33. The van der Waals surface area contributed by atoms with Crippen LogP contribution < -0.4 is 4.90 Å². The van der Waals surface area contributed by atoms with Crippen LogP contribution in [0, 0.1) is 0 Å². The molecule has 1 heterocycles. The van der Waals surface area contributed by atoms with Crippen molar-refractivity contribution in [3.8, 4) is 0 Å². The van der Waals surface area contributed by atoms with Gasteiger partial charge in [0.25, 0.3) is 5.91 Å². The third kappa shape index (κ3) is 3.75. The number of benzene rings is 2. The van der Waals surface area contributed by atoms with E-state index in [0.29, 0.717) is 23.1 Å². The Bertz CT molecular complexity index is 791. The zero-order chi connectivity index (χ0) is 18.5. The standard InChI is InChI=1S/C21H24ClN3O/c1-3-14-24(4-2)21-23-18(15-16-10-6-5-7-11-16)20(26)25(21)19-13-9-8-12-17(19)22/h5-13,18H,3-4,14-15H2,1-2H3/t18-/m0/s1. The normalized spacial score (nSPS) is 16.7. The molecule has 4 nitrogen and oxygen atoms in total. The zero-order valence-electron chi connectivity index (χ0n) is 15.2. The molecule has 0 saturated heterocycles. The van der Waals surface area contributed by atoms with E-state index in [2.05, 4.69) is 18.7 Å². The molecule has 1 aliphatic heterocycles. The van der Waals surface area contributed by atoms with Gasteiger partial charge in [-0.15, -0.1) is 0 Å². The topological polar surface area (TPSA) is 35.9 Å². The fourth-order valence-corrected chi connectivity index (χ4v) is 3.44. The molecule has 0 N–H and O–H groups in total. The monoisotopic (exact) mass is 369 g/mol. The lowest BCUT2D eigenvalue weighted by Gasteiger charge is -2.29. The number of carbonyl (C=O) groups is 1. The minimum absolute atomic E-state index is 0.0218. The summed E-state index contributed by atoms with van der Waals surface area (Å²) >= 11 is 6.40. The first-order valence-electron chi connectivity index (χ1n) is 9.10. The highest BCUT2D eigenvalue weighted by molar-refractivity contribution is 6.36. The SMILES string of the molecule is CCCN(CC)C1=N[C@@H](Cc2ccccc2)C(=O)N1c1ccccc1Cl. The van der Waals surface area contributed by atoms with Gasteiger partial charge in [-0.3, -0.25) is 4.79 Å². The van der Waals surface area contributed by atoms with Gasteiger partial charge in [0.15, 0.2) is 0 Å². The molecule has 3 rings (SSSR count). The van der Waals surface area contributed by atoms with Gasteiger partial charge in [0.2, 0.25) is 5.96 Å². The first-order chi connectivity index (χ1) is 12.7. The van der Waals surface area contributed by atoms with Gasteiger partial charge < -0.3 is 4.90 Å². The molecule has 0 fully saturated rings. The lowest BCUT2D eigenvalue weighted by Crippen LogP contribution is -2.45. The molecule has 0 aromatic heterocycles. The number of carbonyl (C=O) groups excluding carboxylic acids is 1. The Kier molecular flexibility index (Phi) is 5.94. The molecule has 2 aromatic carbocycles. The number of amides is 1. The maximum atomic E-state index is 13.2. The minimum atomic E-state index is -0.422. The molecule has 0 spiro atoms. The highest BCUT2D eigenvalue weighted by atomic mass is 35.5. The van der Waals surface area contributed by atoms with Crippen LogP contribution in [-0.2, 0) is 11.2 Å². The minimum Gasteiger partial charge on any atom is -0.342 e. The van der Waals surface area contributed by atoms with E-state index in [-0.39, 0.29) is 5.91 Å². The first-order valence-corrected chi connectivity index (χ1v) is 9.48. The predicted octanol–water partition coefficient (Wildman–Crippen LogP) is 4.39. The second-order valence-electron chi connectivity index (χ2n) is 6.34. The van der Waals surface area contributed by atoms with E-state index in [9.17, 15) is 4.79 Å². The molecular formula is C21H24ClN3O. The molecule has 5 heteroatoms. The first kappa shape index (κ1) is 18.5. The number of guanidine groups is 1. The highest BCUT2D eigenvalue weighted by Gasteiger charge is 2.38. The molecule has 0 radical (unpaired) electrons. The second-order valence-corrected chi connectivity index (χ2v) is 6.75. The van der Waals surface area contributed by atoms with E-state index in [0.717, 1.165) is 25.1 Å². The molecule has 0 saturated carbocycles. The number of anilines is 1. The quantitative estimate of drug-likeness (QED) is 0.757. The summed E-state index contributed by atoms with van der Waals surface area (Å²) in [5.41, 5.74) is 1.80. The molecule has 2 aromatic rings. The van der Waals surface area contributed by atoms with Crippen LogP contribution in [0.1, 0.15) is 25.8 Å². The van der Waals surface area contributed by atoms with Gasteiger partial charge in [0.05, 0.1) is 10.7 Å². The molecule has 26 heavy (non-hydrogen) atoms. The third-order valence-corrected chi connectivity index (χ3v) is 4.82. The predicted molar refractivity (Wildman–Crippen MR) is 108 cm³/mol. The molecule has 136 valence electrons. The summed E-state index contributed by atoms with van der Waals surface area (Å²) < 4.78 is 0. The Morgan fingerprint density at radius 1 is 1.08 bits per heavy atom. The van der Waals surface area contributed by atoms with Crippen LogP contribution in [0.25, 0.3) is 0 Å². The van der Waals surface area contributed by atoms with Crippen molar-refractivity contribution in [1.82, 2.24) is 4.90 Å². The van der Waals surface area contributed by atoms with Crippen LogP contribution >= 0.6 is 11.6 Å². The molecule has 1 amide bonds. The van der Waals surface area contributed by atoms with Crippen molar-refractivity contribution in [2.75, 3.05) is 18.0 Å². The van der Waals surface area contributed by atoms with Gasteiger partial charge in [-0.05, 0) is 31.0 Å². The third-order valence-electron chi connectivity index (χ3n) is 4.50. The van der Waals surface area contributed by atoms with Gasteiger partial charge in [0, 0.05) is 19.5 Å². The van der Waals surface area contributed by atoms with Crippen molar-refractivity contribution in [1.29, 1.82) is 0 Å². The zero-order valence-corrected chi connectivity index (χ0v) is 16.0. The molecule has 1 atom stereocenters. The highest BCUT2D eigenvalue weighted by Crippen LogP contribution is 2.31. The fourth-order valence-electron chi connectivity index (χ4n) is 3.22. The molecule has 0 aliphatic carbocycles. The van der Waals surface area contributed by atoms with Crippen molar-refractivity contribution in [2.45, 2.75) is 32.7 Å². The molecule has 0 unspecified atom stereocenters. The summed E-state index contributed by atoms with van der Waals surface area (Å²) in [5, 5.41) is 0.557. The summed E-state index contributed by atoms with van der Waals surface area (Å²) in [7, 11) is 0. The fraction of sp³-hybridized carbons (Fsp3) is 0.333. The van der Waals surface area contributed by atoms with E-state index in [1.807, 2.05) is 54.6 Å². The van der Waals surface area contributed by atoms with Crippen LogP contribution in [0.3, 0.4) is 0 Å². The van der Waals surface area contributed by atoms with Crippen LogP contribution in [0.5, 0.6) is 0 Å². The Morgan fingerprint density at radius 3 is 2.42 bits per heavy atom. The van der Waals surface area contributed by atoms with Crippen molar-refractivity contribution in [2.24, 2.45) is 4.99 Å². The number of halogens is 1. The van der Waals surface area contributed by atoms with Gasteiger partial charge in [-0.2, -0.15) is 0 Å². The van der Waals surface area contributed by atoms with Crippen LogP contribution in [0.2, 0.25) is 5.02 Å². The van der Waals surface area contributed by atoms with E-state index in [4.69, 9.17) is 16.6 Å². The van der Waals surface area contributed by atoms with E-state index in [1.165, 1.54) is 0 Å². The summed E-state index contributed by atoms with van der Waals surface area (Å²) in [5.74, 6) is 0.680. The Labute approximate surface area is 160 Å². The number of hydrogen-bond acceptors (Lipinski definition) is 3. The Balaban J connectivity index is 1.97.